The van der Waals surface area contributed by atoms with Crippen LogP contribution in [0.1, 0.15) is 31.5 Å². The molecule has 2 rings (SSSR count). The standard InChI is InChI=1S/C14H16Cl2N2O2/c1-3-20-13(19)6-7-18-12-8-10(16)4-5-11(12)17-14(18)9(2)15/h4-5,8-9H,3,6-7H2,1-2H3. The van der Waals surface area contributed by atoms with Crippen LogP contribution in [0.5, 0.6) is 0 Å². The first-order valence-electron chi connectivity index (χ1n) is 6.48. The third-order valence-corrected chi connectivity index (χ3v) is 3.37. The van der Waals surface area contributed by atoms with Gasteiger partial charge in [0.15, 0.2) is 0 Å². The molecule has 0 N–H and O–H groups in total. The predicted molar refractivity (Wildman–Crippen MR) is 80.3 cm³/mol. The topological polar surface area (TPSA) is 44.1 Å². The highest BCUT2D eigenvalue weighted by molar-refractivity contribution is 6.31. The van der Waals surface area contributed by atoms with Crippen LogP contribution in [0, 0.1) is 0 Å². The van der Waals surface area contributed by atoms with E-state index in [1.165, 1.54) is 0 Å². The molecule has 0 fully saturated rings. The second kappa shape index (κ2) is 6.46. The van der Waals surface area contributed by atoms with E-state index in [1.54, 1.807) is 13.0 Å². The molecule has 0 aliphatic rings. The van der Waals surface area contributed by atoms with Gasteiger partial charge in [-0.25, -0.2) is 4.98 Å². The van der Waals surface area contributed by atoms with Crippen molar-refractivity contribution in [3.8, 4) is 0 Å². The molecule has 1 heterocycles. The number of halogens is 2. The first-order valence-corrected chi connectivity index (χ1v) is 7.29. The summed E-state index contributed by atoms with van der Waals surface area (Å²) < 4.78 is 6.87. The van der Waals surface area contributed by atoms with Crippen LogP contribution in [0.3, 0.4) is 0 Å². The molecule has 1 atom stereocenters. The third-order valence-electron chi connectivity index (χ3n) is 2.94. The van der Waals surface area contributed by atoms with E-state index >= 15 is 0 Å². The average molecular weight is 315 g/mol. The lowest BCUT2D eigenvalue weighted by molar-refractivity contribution is -0.143. The molecular formula is C14H16Cl2N2O2. The fourth-order valence-electron chi connectivity index (χ4n) is 2.09. The van der Waals surface area contributed by atoms with Gasteiger partial charge < -0.3 is 9.30 Å². The van der Waals surface area contributed by atoms with Crippen molar-refractivity contribution in [2.24, 2.45) is 0 Å². The third kappa shape index (κ3) is 3.25. The largest absolute Gasteiger partial charge is 0.466 e. The number of benzene rings is 1. The Morgan fingerprint density at radius 2 is 2.25 bits per heavy atom. The van der Waals surface area contributed by atoms with Crippen LogP contribution >= 0.6 is 23.2 Å². The number of aryl methyl sites for hydroxylation is 1. The molecule has 20 heavy (non-hydrogen) atoms. The number of carbonyl (C=O) groups excluding carboxylic acids is 1. The molecule has 0 bridgehead atoms. The van der Waals surface area contributed by atoms with Gasteiger partial charge >= 0.3 is 5.97 Å². The van der Waals surface area contributed by atoms with Crippen LogP contribution in [-0.4, -0.2) is 22.1 Å². The van der Waals surface area contributed by atoms with Crippen LogP contribution < -0.4 is 0 Å². The van der Waals surface area contributed by atoms with Gasteiger partial charge in [-0.05, 0) is 32.0 Å². The minimum atomic E-state index is -0.247. The van der Waals surface area contributed by atoms with Crippen molar-refractivity contribution in [1.29, 1.82) is 0 Å². The van der Waals surface area contributed by atoms with Crippen LogP contribution in [0.15, 0.2) is 18.2 Å². The van der Waals surface area contributed by atoms with Crippen molar-refractivity contribution in [2.75, 3.05) is 6.61 Å². The van der Waals surface area contributed by atoms with Gasteiger partial charge in [-0.15, -0.1) is 11.6 Å². The Bertz CT molecular complexity index is 623. The second-order valence-electron chi connectivity index (χ2n) is 4.43. The predicted octanol–water partition coefficient (Wildman–Crippen LogP) is 3.94. The van der Waals surface area contributed by atoms with Crippen molar-refractivity contribution in [1.82, 2.24) is 9.55 Å². The van der Waals surface area contributed by atoms with Crippen molar-refractivity contribution in [2.45, 2.75) is 32.2 Å². The molecule has 0 aliphatic heterocycles. The van der Waals surface area contributed by atoms with E-state index in [4.69, 9.17) is 27.9 Å². The number of hydrogen-bond donors (Lipinski definition) is 0. The zero-order valence-corrected chi connectivity index (χ0v) is 12.9. The van der Waals surface area contributed by atoms with Gasteiger partial charge in [0, 0.05) is 11.6 Å². The monoisotopic (exact) mass is 314 g/mol. The Hall–Kier alpha value is -1.26. The van der Waals surface area contributed by atoms with Crippen LogP contribution in [0.4, 0.5) is 0 Å². The average Bonchev–Trinajstić information content (AvgIpc) is 2.75. The molecule has 4 nitrogen and oxygen atoms in total. The Labute approximate surface area is 127 Å². The number of fused-ring (bicyclic) bond motifs is 1. The molecule has 0 radical (unpaired) electrons. The Kier molecular flexibility index (Phi) is 4.89. The highest BCUT2D eigenvalue weighted by atomic mass is 35.5. The Morgan fingerprint density at radius 1 is 1.50 bits per heavy atom. The molecule has 6 heteroatoms. The lowest BCUT2D eigenvalue weighted by Gasteiger charge is -2.10. The van der Waals surface area contributed by atoms with Gasteiger partial charge in [-0.3, -0.25) is 4.79 Å². The maximum absolute atomic E-state index is 11.5. The fourth-order valence-corrected chi connectivity index (χ4v) is 2.42. The molecule has 0 amide bonds. The maximum Gasteiger partial charge on any atom is 0.307 e. The SMILES string of the molecule is CCOC(=O)CCn1c(C(C)Cl)nc2ccc(Cl)cc21. The summed E-state index contributed by atoms with van der Waals surface area (Å²) in [7, 11) is 0. The van der Waals surface area contributed by atoms with E-state index in [9.17, 15) is 4.79 Å². The molecule has 2 aromatic rings. The van der Waals surface area contributed by atoms with Gasteiger partial charge in [-0.1, -0.05) is 11.6 Å². The number of esters is 1. The first kappa shape index (κ1) is 15.1. The minimum absolute atomic E-state index is 0.232. The molecule has 1 aromatic heterocycles. The Morgan fingerprint density at radius 3 is 2.90 bits per heavy atom. The zero-order chi connectivity index (χ0) is 14.7. The second-order valence-corrected chi connectivity index (χ2v) is 5.52. The number of carbonyl (C=O) groups is 1. The smallest absolute Gasteiger partial charge is 0.307 e. The van der Waals surface area contributed by atoms with Crippen molar-refractivity contribution < 1.29 is 9.53 Å². The Balaban J connectivity index is 2.35. The highest BCUT2D eigenvalue weighted by Crippen LogP contribution is 2.26. The molecule has 108 valence electrons. The number of hydrogen-bond acceptors (Lipinski definition) is 3. The van der Waals surface area contributed by atoms with Gasteiger partial charge in [0.2, 0.25) is 0 Å². The molecule has 0 aliphatic carbocycles. The fraction of sp³-hybridized carbons (Fsp3) is 0.429. The highest BCUT2D eigenvalue weighted by Gasteiger charge is 2.16. The maximum atomic E-state index is 11.5. The molecule has 0 saturated heterocycles. The van der Waals surface area contributed by atoms with E-state index in [-0.39, 0.29) is 17.8 Å². The van der Waals surface area contributed by atoms with Gasteiger partial charge in [0.25, 0.3) is 0 Å². The summed E-state index contributed by atoms with van der Waals surface area (Å²) in [6.45, 7) is 4.50. The number of rotatable bonds is 5. The van der Waals surface area contributed by atoms with Crippen molar-refractivity contribution in [3.63, 3.8) is 0 Å². The number of ether oxygens (including phenoxy) is 1. The van der Waals surface area contributed by atoms with E-state index in [0.29, 0.717) is 18.2 Å². The van der Waals surface area contributed by atoms with E-state index < -0.39 is 0 Å². The summed E-state index contributed by atoms with van der Waals surface area (Å²) in [5.74, 6) is 0.498. The molecular weight excluding hydrogens is 299 g/mol. The minimum Gasteiger partial charge on any atom is -0.466 e. The molecule has 1 unspecified atom stereocenters. The summed E-state index contributed by atoms with van der Waals surface area (Å²) in [5, 5.41) is 0.381. The zero-order valence-electron chi connectivity index (χ0n) is 11.4. The van der Waals surface area contributed by atoms with Crippen molar-refractivity contribution in [3.05, 3.63) is 29.0 Å². The summed E-state index contributed by atoms with van der Waals surface area (Å²) in [5.41, 5.74) is 1.70. The summed E-state index contributed by atoms with van der Waals surface area (Å²) >= 11 is 12.2. The lowest BCUT2D eigenvalue weighted by Crippen LogP contribution is -2.11. The first-order chi connectivity index (χ1) is 9.52. The molecule has 0 spiro atoms. The summed E-state index contributed by atoms with van der Waals surface area (Å²) in [4.78, 5) is 16.0. The van der Waals surface area contributed by atoms with E-state index in [1.807, 2.05) is 23.6 Å². The van der Waals surface area contributed by atoms with E-state index in [0.717, 1.165) is 16.9 Å². The number of alkyl halides is 1. The molecule has 0 saturated carbocycles. The summed E-state index contributed by atoms with van der Waals surface area (Å²) in [6, 6.07) is 5.47. The number of nitrogens with zero attached hydrogens (tertiary/aromatic N) is 2. The number of imidazole rings is 1. The normalized spacial score (nSPS) is 12.6. The van der Waals surface area contributed by atoms with Crippen LogP contribution in [0.2, 0.25) is 5.02 Å². The quantitative estimate of drug-likeness (QED) is 0.620. The van der Waals surface area contributed by atoms with Crippen LogP contribution in [-0.2, 0) is 16.1 Å². The van der Waals surface area contributed by atoms with E-state index in [2.05, 4.69) is 4.98 Å². The summed E-state index contributed by atoms with van der Waals surface area (Å²) in [6.07, 6.45) is 0.280. The van der Waals surface area contributed by atoms with Crippen LogP contribution in [0.25, 0.3) is 11.0 Å². The van der Waals surface area contributed by atoms with Gasteiger partial charge in [-0.2, -0.15) is 0 Å². The van der Waals surface area contributed by atoms with Gasteiger partial charge in [0.05, 0.1) is 29.4 Å². The number of aromatic nitrogens is 2. The molecule has 1 aromatic carbocycles. The van der Waals surface area contributed by atoms with Crippen molar-refractivity contribution >= 4 is 40.2 Å². The van der Waals surface area contributed by atoms with Gasteiger partial charge in [0.1, 0.15) is 5.82 Å². The lowest BCUT2D eigenvalue weighted by atomic mass is 10.3.